The number of esters is 1. The van der Waals surface area contributed by atoms with Crippen molar-refractivity contribution in [3.63, 3.8) is 0 Å². The lowest BCUT2D eigenvalue weighted by molar-refractivity contribution is -0.164. The minimum atomic E-state index is -4.12. The normalized spacial score (nSPS) is 22.1. The number of methoxy groups -OCH3 is 1. The molecule has 0 bridgehead atoms. The molecular formula is C14H18ClF2NO4. The van der Waals surface area contributed by atoms with Gasteiger partial charge in [-0.3, -0.25) is 4.90 Å². The van der Waals surface area contributed by atoms with Gasteiger partial charge >= 0.3 is 17.4 Å². The Balaban J connectivity index is 3.43. The average molecular weight is 338 g/mol. The Morgan fingerprint density at radius 2 is 2.00 bits per heavy atom. The highest BCUT2D eigenvalue weighted by molar-refractivity contribution is 6.25. The van der Waals surface area contributed by atoms with Crippen LogP contribution in [0.25, 0.3) is 0 Å². The fourth-order valence-electron chi connectivity index (χ4n) is 2.20. The lowest BCUT2D eigenvalue weighted by atomic mass is 9.90. The SMILES string of the molecule is C=CC1=CCN(C(=O)OC(C)(C)C)C1(C(=O)OC)C(F)(F)Cl. The molecule has 1 atom stereocenters. The maximum Gasteiger partial charge on any atom is 0.412 e. The molecule has 1 rings (SSSR count). The van der Waals surface area contributed by atoms with Gasteiger partial charge in [0.05, 0.1) is 7.11 Å². The van der Waals surface area contributed by atoms with Crippen molar-refractivity contribution in [1.29, 1.82) is 0 Å². The maximum atomic E-state index is 14.1. The van der Waals surface area contributed by atoms with Crippen LogP contribution < -0.4 is 0 Å². The number of carbonyl (C=O) groups is 2. The van der Waals surface area contributed by atoms with Gasteiger partial charge in [0.2, 0.25) is 5.54 Å². The molecule has 8 heteroatoms. The first-order valence-electron chi connectivity index (χ1n) is 6.40. The molecule has 0 saturated carbocycles. The summed E-state index contributed by atoms with van der Waals surface area (Å²) < 4.78 is 37.8. The minimum Gasteiger partial charge on any atom is -0.467 e. The highest BCUT2D eigenvalue weighted by Gasteiger charge is 2.68. The molecule has 0 saturated heterocycles. The maximum absolute atomic E-state index is 14.1. The third-order valence-corrected chi connectivity index (χ3v) is 3.31. The van der Waals surface area contributed by atoms with E-state index in [-0.39, 0.29) is 12.1 Å². The second-order valence-electron chi connectivity index (χ2n) is 5.65. The van der Waals surface area contributed by atoms with Gasteiger partial charge in [-0.25, -0.2) is 9.59 Å². The predicted octanol–water partition coefficient (Wildman–Crippen LogP) is 3.09. The Kier molecular flexibility index (Phi) is 4.91. The van der Waals surface area contributed by atoms with Crippen LogP contribution in [0.2, 0.25) is 0 Å². The van der Waals surface area contributed by atoms with Crippen LogP contribution in [-0.2, 0) is 14.3 Å². The van der Waals surface area contributed by atoms with E-state index in [9.17, 15) is 18.4 Å². The zero-order chi connectivity index (χ0) is 17.3. The molecule has 0 spiro atoms. The number of hydrogen-bond acceptors (Lipinski definition) is 4. The van der Waals surface area contributed by atoms with Crippen LogP contribution in [0.4, 0.5) is 13.6 Å². The monoisotopic (exact) mass is 337 g/mol. The number of rotatable bonds is 3. The van der Waals surface area contributed by atoms with Crippen LogP contribution in [0.3, 0.4) is 0 Å². The molecule has 0 aromatic rings. The van der Waals surface area contributed by atoms with Crippen molar-refractivity contribution in [2.45, 2.75) is 37.3 Å². The minimum absolute atomic E-state index is 0.217. The summed E-state index contributed by atoms with van der Waals surface area (Å²) in [6.45, 7) is 7.82. The second-order valence-corrected chi connectivity index (χ2v) is 6.13. The number of carbonyl (C=O) groups excluding carboxylic acids is 2. The molecule has 1 aliphatic rings. The number of halogens is 3. The third kappa shape index (κ3) is 2.95. The van der Waals surface area contributed by atoms with Crippen LogP contribution in [-0.4, -0.2) is 47.1 Å². The second kappa shape index (κ2) is 5.87. The van der Waals surface area contributed by atoms with Crippen LogP contribution in [0, 0.1) is 0 Å². The Bertz CT molecular complexity index is 522. The number of ether oxygens (including phenoxy) is 2. The van der Waals surface area contributed by atoms with Crippen molar-refractivity contribution >= 4 is 23.7 Å². The molecule has 1 unspecified atom stereocenters. The van der Waals surface area contributed by atoms with E-state index in [0.717, 1.165) is 13.2 Å². The fourth-order valence-corrected chi connectivity index (χ4v) is 2.49. The quantitative estimate of drug-likeness (QED) is 0.586. The summed E-state index contributed by atoms with van der Waals surface area (Å²) in [5, 5.41) is -4.12. The number of hydrogen-bond donors (Lipinski definition) is 0. The van der Waals surface area contributed by atoms with E-state index in [1.54, 1.807) is 20.8 Å². The van der Waals surface area contributed by atoms with Crippen LogP contribution in [0.15, 0.2) is 24.3 Å². The molecule has 0 fully saturated rings. The summed E-state index contributed by atoms with van der Waals surface area (Å²) in [5.74, 6) is -1.37. The Morgan fingerprint density at radius 1 is 1.45 bits per heavy atom. The molecule has 0 aromatic heterocycles. The highest BCUT2D eigenvalue weighted by Crippen LogP contribution is 2.47. The molecule has 1 aliphatic heterocycles. The van der Waals surface area contributed by atoms with Crippen LogP contribution in [0.1, 0.15) is 20.8 Å². The van der Waals surface area contributed by atoms with Crippen LogP contribution in [0.5, 0.6) is 0 Å². The predicted molar refractivity (Wildman–Crippen MR) is 76.8 cm³/mol. The van der Waals surface area contributed by atoms with E-state index in [1.165, 1.54) is 6.08 Å². The first-order chi connectivity index (χ1) is 9.91. The summed E-state index contributed by atoms with van der Waals surface area (Å²) in [6, 6.07) is 0. The summed E-state index contributed by atoms with van der Waals surface area (Å²) in [7, 11) is 0.930. The van der Waals surface area contributed by atoms with Crippen molar-refractivity contribution in [2.75, 3.05) is 13.7 Å². The average Bonchev–Trinajstić information content (AvgIpc) is 2.75. The van der Waals surface area contributed by atoms with Gasteiger partial charge in [0, 0.05) is 6.54 Å². The molecule has 1 heterocycles. The van der Waals surface area contributed by atoms with Gasteiger partial charge in [0.1, 0.15) is 5.60 Å². The summed E-state index contributed by atoms with van der Waals surface area (Å²) >= 11 is 5.18. The van der Waals surface area contributed by atoms with Crippen molar-refractivity contribution in [3.8, 4) is 0 Å². The van der Waals surface area contributed by atoms with Gasteiger partial charge in [0.25, 0.3) is 0 Å². The largest absolute Gasteiger partial charge is 0.467 e. The van der Waals surface area contributed by atoms with Gasteiger partial charge in [-0.05, 0) is 37.9 Å². The standard InChI is InChI=1S/C14H18ClF2NO4/c1-6-9-7-8-18(11(20)22-12(2,3)4)13(9,10(19)21-5)14(15,16)17/h6-7H,1,8H2,2-5H3. The van der Waals surface area contributed by atoms with E-state index in [2.05, 4.69) is 11.3 Å². The topological polar surface area (TPSA) is 55.8 Å². The number of amides is 1. The Hall–Kier alpha value is -1.63. The zero-order valence-corrected chi connectivity index (χ0v) is 13.5. The molecule has 0 N–H and O–H groups in total. The van der Waals surface area contributed by atoms with E-state index < -0.39 is 28.6 Å². The number of nitrogens with zero attached hydrogens (tertiary/aromatic N) is 1. The summed E-state index contributed by atoms with van der Waals surface area (Å²) in [5.41, 5.74) is -3.96. The van der Waals surface area contributed by atoms with E-state index in [4.69, 9.17) is 16.3 Å². The fraction of sp³-hybridized carbons (Fsp3) is 0.571. The molecule has 1 amide bonds. The Morgan fingerprint density at radius 3 is 2.36 bits per heavy atom. The molecular weight excluding hydrogens is 320 g/mol. The van der Waals surface area contributed by atoms with Gasteiger partial charge in [-0.15, -0.1) is 0 Å². The Labute approximate surface area is 132 Å². The van der Waals surface area contributed by atoms with Crippen molar-refractivity contribution in [1.82, 2.24) is 4.90 Å². The smallest absolute Gasteiger partial charge is 0.412 e. The molecule has 0 aromatic carbocycles. The van der Waals surface area contributed by atoms with E-state index in [0.29, 0.717) is 4.90 Å². The molecule has 22 heavy (non-hydrogen) atoms. The number of alkyl halides is 3. The molecule has 124 valence electrons. The van der Waals surface area contributed by atoms with Crippen molar-refractivity contribution < 1.29 is 27.8 Å². The van der Waals surface area contributed by atoms with Crippen molar-refractivity contribution in [3.05, 3.63) is 24.3 Å². The third-order valence-electron chi connectivity index (χ3n) is 3.04. The lowest BCUT2D eigenvalue weighted by Gasteiger charge is -2.40. The zero-order valence-electron chi connectivity index (χ0n) is 12.8. The van der Waals surface area contributed by atoms with Gasteiger partial charge < -0.3 is 9.47 Å². The first kappa shape index (κ1) is 18.4. The van der Waals surface area contributed by atoms with Gasteiger partial charge in [0.15, 0.2) is 0 Å². The van der Waals surface area contributed by atoms with Crippen LogP contribution >= 0.6 is 11.6 Å². The first-order valence-corrected chi connectivity index (χ1v) is 6.78. The summed E-state index contributed by atoms with van der Waals surface area (Å²) in [6.07, 6.45) is 1.19. The van der Waals surface area contributed by atoms with Gasteiger partial charge in [-0.2, -0.15) is 8.78 Å². The van der Waals surface area contributed by atoms with Crippen molar-refractivity contribution in [2.24, 2.45) is 0 Å². The summed E-state index contributed by atoms with van der Waals surface area (Å²) in [4.78, 5) is 24.9. The highest BCUT2D eigenvalue weighted by atomic mass is 35.5. The molecule has 0 radical (unpaired) electrons. The van der Waals surface area contributed by atoms with Gasteiger partial charge in [-0.1, -0.05) is 18.7 Å². The lowest BCUT2D eigenvalue weighted by Crippen LogP contribution is -2.64. The van der Waals surface area contributed by atoms with E-state index >= 15 is 0 Å². The van der Waals surface area contributed by atoms with E-state index in [1.807, 2.05) is 0 Å². The molecule has 0 aliphatic carbocycles. The molecule has 5 nitrogen and oxygen atoms in total.